The van der Waals surface area contributed by atoms with E-state index in [1.165, 1.54) is 12.0 Å². The molecular formula is C14H19ClN2O. The normalized spacial score (nSPS) is 19.2. The molecule has 2 N–H and O–H groups in total. The molecule has 0 bridgehead atoms. The minimum Gasteiger partial charge on any atom is -0.366 e. The molecule has 1 aromatic carbocycles. The van der Waals surface area contributed by atoms with Crippen molar-refractivity contribution in [1.82, 2.24) is 4.90 Å². The molecule has 3 nitrogen and oxygen atoms in total. The molecule has 1 aliphatic rings. The molecule has 1 amide bonds. The summed E-state index contributed by atoms with van der Waals surface area (Å²) in [5, 5.41) is 0. The molecule has 0 radical (unpaired) electrons. The van der Waals surface area contributed by atoms with Crippen molar-refractivity contribution in [3.8, 4) is 0 Å². The first kappa shape index (κ1) is 14.7. The zero-order chi connectivity index (χ0) is 12.3. The van der Waals surface area contributed by atoms with E-state index in [4.69, 9.17) is 5.73 Å². The van der Waals surface area contributed by atoms with Crippen molar-refractivity contribution < 1.29 is 4.79 Å². The third-order valence-corrected chi connectivity index (χ3v) is 3.33. The second-order valence-corrected chi connectivity index (χ2v) is 4.52. The van der Waals surface area contributed by atoms with Crippen molar-refractivity contribution in [2.45, 2.75) is 12.3 Å². The number of carbonyl (C=O) groups excluding carboxylic acids is 1. The van der Waals surface area contributed by atoms with Crippen LogP contribution in [0.4, 0.5) is 0 Å². The topological polar surface area (TPSA) is 46.3 Å². The van der Waals surface area contributed by atoms with E-state index in [2.05, 4.69) is 11.5 Å². The van der Waals surface area contributed by atoms with Crippen LogP contribution >= 0.6 is 12.4 Å². The lowest BCUT2D eigenvalue weighted by Crippen LogP contribution is -2.20. The summed E-state index contributed by atoms with van der Waals surface area (Å²) < 4.78 is 0. The van der Waals surface area contributed by atoms with Crippen molar-refractivity contribution >= 4 is 18.3 Å². The highest BCUT2D eigenvalue weighted by Gasteiger charge is 2.22. The van der Waals surface area contributed by atoms with Crippen molar-refractivity contribution in [2.75, 3.05) is 19.6 Å². The highest BCUT2D eigenvalue weighted by molar-refractivity contribution is 5.92. The van der Waals surface area contributed by atoms with Crippen LogP contribution < -0.4 is 5.73 Å². The Bertz CT molecular complexity index is 416. The van der Waals surface area contributed by atoms with Gasteiger partial charge in [-0.15, -0.1) is 19.0 Å². The van der Waals surface area contributed by atoms with Crippen LogP contribution in [-0.2, 0) is 0 Å². The number of hydrogen-bond acceptors (Lipinski definition) is 2. The number of nitrogens with two attached hydrogens (primary N) is 1. The van der Waals surface area contributed by atoms with Gasteiger partial charge in [-0.05, 0) is 36.6 Å². The maximum atomic E-state index is 11.0. The molecule has 98 valence electrons. The van der Waals surface area contributed by atoms with Crippen molar-refractivity contribution in [1.29, 1.82) is 0 Å². The quantitative estimate of drug-likeness (QED) is 0.849. The monoisotopic (exact) mass is 266 g/mol. The molecule has 18 heavy (non-hydrogen) atoms. The SMILES string of the molecule is C=CCN1CC[C@@H](c2ccc(C(N)=O)cc2)C1.Cl. The fourth-order valence-electron chi connectivity index (χ4n) is 2.37. The number of primary amides is 1. The van der Waals surface area contributed by atoms with Crippen LogP contribution in [-0.4, -0.2) is 30.4 Å². The van der Waals surface area contributed by atoms with Gasteiger partial charge in [0.15, 0.2) is 0 Å². The van der Waals surface area contributed by atoms with Gasteiger partial charge in [-0.2, -0.15) is 0 Å². The van der Waals surface area contributed by atoms with E-state index in [0.717, 1.165) is 19.6 Å². The maximum absolute atomic E-state index is 11.0. The zero-order valence-corrected chi connectivity index (χ0v) is 11.2. The predicted octanol–water partition coefficient (Wildman–Crippen LogP) is 2.18. The van der Waals surface area contributed by atoms with Crippen molar-refractivity contribution in [3.63, 3.8) is 0 Å². The first-order valence-electron chi connectivity index (χ1n) is 5.93. The summed E-state index contributed by atoms with van der Waals surface area (Å²) in [5.41, 5.74) is 7.09. The van der Waals surface area contributed by atoms with Gasteiger partial charge in [-0.3, -0.25) is 9.69 Å². The Morgan fingerprint density at radius 2 is 2.11 bits per heavy atom. The van der Waals surface area contributed by atoms with Crippen LogP contribution in [0.2, 0.25) is 0 Å². The number of carbonyl (C=O) groups is 1. The average molecular weight is 267 g/mol. The molecule has 0 spiro atoms. The number of rotatable bonds is 4. The number of halogens is 1. The van der Waals surface area contributed by atoms with E-state index < -0.39 is 0 Å². The van der Waals surface area contributed by atoms with E-state index >= 15 is 0 Å². The molecule has 0 aromatic heterocycles. The van der Waals surface area contributed by atoms with E-state index in [9.17, 15) is 4.79 Å². The lowest BCUT2D eigenvalue weighted by Gasteiger charge is -2.13. The molecule has 2 rings (SSSR count). The van der Waals surface area contributed by atoms with Crippen LogP contribution in [0.5, 0.6) is 0 Å². The lowest BCUT2D eigenvalue weighted by molar-refractivity contribution is 0.100. The molecule has 0 unspecified atom stereocenters. The maximum Gasteiger partial charge on any atom is 0.248 e. The van der Waals surface area contributed by atoms with Gasteiger partial charge in [0.2, 0.25) is 5.91 Å². The van der Waals surface area contributed by atoms with E-state index in [0.29, 0.717) is 11.5 Å². The predicted molar refractivity (Wildman–Crippen MR) is 76.2 cm³/mol. The fraction of sp³-hybridized carbons (Fsp3) is 0.357. The van der Waals surface area contributed by atoms with E-state index in [-0.39, 0.29) is 18.3 Å². The molecule has 1 aromatic rings. The Kier molecular flexibility index (Phi) is 5.38. The Balaban J connectivity index is 0.00000162. The lowest BCUT2D eigenvalue weighted by atomic mass is 9.97. The zero-order valence-electron chi connectivity index (χ0n) is 10.3. The smallest absolute Gasteiger partial charge is 0.248 e. The Labute approximate surface area is 114 Å². The van der Waals surface area contributed by atoms with Crippen molar-refractivity contribution in [2.24, 2.45) is 5.73 Å². The summed E-state index contributed by atoms with van der Waals surface area (Å²) in [6, 6.07) is 7.66. The molecule has 1 aliphatic heterocycles. The third kappa shape index (κ3) is 3.34. The number of amides is 1. The molecular weight excluding hydrogens is 248 g/mol. The van der Waals surface area contributed by atoms with Gasteiger partial charge in [0.05, 0.1) is 0 Å². The van der Waals surface area contributed by atoms with Gasteiger partial charge in [0, 0.05) is 18.7 Å². The minimum atomic E-state index is -0.365. The molecule has 1 heterocycles. The summed E-state index contributed by atoms with van der Waals surface area (Å²) in [4.78, 5) is 13.4. The highest BCUT2D eigenvalue weighted by atomic mass is 35.5. The van der Waals surface area contributed by atoms with Gasteiger partial charge in [-0.25, -0.2) is 0 Å². The molecule has 1 saturated heterocycles. The number of likely N-dealkylation sites (tertiary alicyclic amines) is 1. The number of hydrogen-bond donors (Lipinski definition) is 1. The summed E-state index contributed by atoms with van der Waals surface area (Å²) in [6.45, 7) is 6.90. The molecule has 1 fully saturated rings. The second kappa shape index (κ2) is 6.57. The van der Waals surface area contributed by atoms with Crippen LogP contribution in [0.1, 0.15) is 28.3 Å². The van der Waals surface area contributed by atoms with Crippen LogP contribution in [0.25, 0.3) is 0 Å². The fourth-order valence-corrected chi connectivity index (χ4v) is 2.37. The number of benzene rings is 1. The van der Waals surface area contributed by atoms with Crippen LogP contribution in [0.15, 0.2) is 36.9 Å². The van der Waals surface area contributed by atoms with Crippen molar-refractivity contribution in [3.05, 3.63) is 48.0 Å². The average Bonchev–Trinajstić information content (AvgIpc) is 2.78. The summed E-state index contributed by atoms with van der Waals surface area (Å²) >= 11 is 0. The molecule has 0 aliphatic carbocycles. The largest absolute Gasteiger partial charge is 0.366 e. The standard InChI is InChI=1S/C14H18N2O.ClH/c1-2-8-16-9-7-13(10-16)11-3-5-12(6-4-11)14(15)17;/h2-6,13H,1,7-10H2,(H2,15,17);1H/t13-;/m1./s1. The summed E-state index contributed by atoms with van der Waals surface area (Å²) in [7, 11) is 0. The number of nitrogens with zero attached hydrogens (tertiary/aromatic N) is 1. The Hall–Kier alpha value is -1.32. The van der Waals surface area contributed by atoms with Gasteiger partial charge in [0.25, 0.3) is 0 Å². The Morgan fingerprint density at radius 1 is 1.44 bits per heavy atom. The first-order valence-corrected chi connectivity index (χ1v) is 5.93. The van der Waals surface area contributed by atoms with Crippen LogP contribution in [0, 0.1) is 0 Å². The second-order valence-electron chi connectivity index (χ2n) is 4.52. The van der Waals surface area contributed by atoms with Gasteiger partial charge < -0.3 is 5.73 Å². The minimum absolute atomic E-state index is 0. The molecule has 0 saturated carbocycles. The highest BCUT2D eigenvalue weighted by Crippen LogP contribution is 2.27. The van der Waals surface area contributed by atoms with Crippen LogP contribution in [0.3, 0.4) is 0 Å². The third-order valence-electron chi connectivity index (χ3n) is 3.33. The van der Waals surface area contributed by atoms with Gasteiger partial charge in [0.1, 0.15) is 0 Å². The van der Waals surface area contributed by atoms with E-state index in [1.54, 1.807) is 0 Å². The molecule has 1 atom stereocenters. The van der Waals surface area contributed by atoms with Gasteiger partial charge >= 0.3 is 0 Å². The summed E-state index contributed by atoms with van der Waals surface area (Å²) in [6.07, 6.45) is 3.11. The van der Waals surface area contributed by atoms with Gasteiger partial charge in [-0.1, -0.05) is 18.2 Å². The molecule has 4 heteroatoms. The Morgan fingerprint density at radius 3 is 2.67 bits per heavy atom. The first-order chi connectivity index (χ1) is 8.20. The summed E-state index contributed by atoms with van der Waals surface area (Å²) in [5.74, 6) is 0.202. The van der Waals surface area contributed by atoms with E-state index in [1.807, 2.05) is 30.3 Å².